The van der Waals surface area contributed by atoms with Crippen LogP contribution in [0, 0.1) is 0 Å². The molecular weight excluding hydrogens is 199 g/mol. The molecule has 6 nitrogen and oxygen atoms in total. The molecule has 0 aliphatic heterocycles. The molecular formula is C6H11O6P. The van der Waals surface area contributed by atoms with Crippen LogP contribution in [-0.4, -0.2) is 40.2 Å². The molecule has 0 saturated heterocycles. The lowest BCUT2D eigenvalue weighted by Gasteiger charge is -2.06. The van der Waals surface area contributed by atoms with Gasteiger partial charge in [0.2, 0.25) is 0 Å². The molecule has 0 atom stereocenters. The number of aliphatic hydroxyl groups excluding tert-OH is 1. The highest BCUT2D eigenvalue weighted by atomic mass is 31.2. The predicted octanol–water partition coefficient (Wildman–Crippen LogP) is -0.744. The maximum absolute atomic E-state index is 10.8. The number of ether oxygens (including phenoxy) is 1. The van der Waals surface area contributed by atoms with Crippen molar-refractivity contribution in [1.82, 2.24) is 0 Å². The molecule has 0 amide bonds. The molecule has 0 bridgehead atoms. The third-order valence-corrected chi connectivity index (χ3v) is 1.80. The minimum absolute atomic E-state index is 0.209. The lowest BCUT2D eigenvalue weighted by Crippen LogP contribution is -2.12. The van der Waals surface area contributed by atoms with Crippen molar-refractivity contribution in [3.05, 3.63) is 12.2 Å². The molecule has 0 saturated carbocycles. The van der Waals surface area contributed by atoms with Crippen molar-refractivity contribution in [3.63, 3.8) is 0 Å². The Morgan fingerprint density at radius 2 is 2.00 bits per heavy atom. The summed E-state index contributed by atoms with van der Waals surface area (Å²) >= 11 is 0. The first-order valence-corrected chi connectivity index (χ1v) is 5.17. The number of hydrogen-bond acceptors (Lipinski definition) is 4. The fraction of sp³-hybridized carbons (Fsp3) is 0.500. The number of aliphatic hydroxyl groups is 1. The normalized spacial score (nSPS) is 11.0. The maximum atomic E-state index is 10.8. The predicted molar refractivity (Wildman–Crippen MR) is 44.1 cm³/mol. The van der Waals surface area contributed by atoms with Crippen LogP contribution in [-0.2, 0) is 14.1 Å². The topological polar surface area (TPSA) is 104 Å². The van der Waals surface area contributed by atoms with Gasteiger partial charge in [0.1, 0.15) is 6.61 Å². The van der Waals surface area contributed by atoms with E-state index in [4.69, 9.17) is 14.9 Å². The van der Waals surface area contributed by atoms with Crippen molar-refractivity contribution >= 4 is 13.6 Å². The standard InChI is InChI=1S/C6H11O6P/c1-5(4-13(9,10)11)6(8)12-3-2-7/h7H,1-4H2,(H2,9,10,11). The van der Waals surface area contributed by atoms with Crippen molar-refractivity contribution in [3.8, 4) is 0 Å². The summed E-state index contributed by atoms with van der Waals surface area (Å²) in [5.74, 6) is -0.905. The average molecular weight is 210 g/mol. The molecule has 0 aromatic carbocycles. The van der Waals surface area contributed by atoms with Gasteiger partial charge in [0.25, 0.3) is 0 Å². The summed E-state index contributed by atoms with van der Waals surface area (Å²) in [5, 5.41) is 8.27. The van der Waals surface area contributed by atoms with Crippen LogP contribution in [0.1, 0.15) is 0 Å². The van der Waals surface area contributed by atoms with Gasteiger partial charge < -0.3 is 19.6 Å². The van der Waals surface area contributed by atoms with E-state index in [1.807, 2.05) is 0 Å². The SMILES string of the molecule is C=C(CP(=O)(O)O)C(=O)OCCO. The van der Waals surface area contributed by atoms with Crippen LogP contribution in [0.5, 0.6) is 0 Å². The smallest absolute Gasteiger partial charge is 0.334 e. The van der Waals surface area contributed by atoms with Gasteiger partial charge in [-0.3, -0.25) is 4.57 Å². The highest BCUT2D eigenvalue weighted by Gasteiger charge is 2.20. The Morgan fingerprint density at radius 3 is 2.38 bits per heavy atom. The zero-order valence-electron chi connectivity index (χ0n) is 6.84. The van der Waals surface area contributed by atoms with Crippen molar-refractivity contribution in [2.75, 3.05) is 19.4 Å². The summed E-state index contributed by atoms with van der Waals surface area (Å²) in [4.78, 5) is 27.7. The quantitative estimate of drug-likeness (QED) is 0.313. The zero-order chi connectivity index (χ0) is 10.5. The Morgan fingerprint density at radius 1 is 1.46 bits per heavy atom. The van der Waals surface area contributed by atoms with Crippen molar-refractivity contribution < 1.29 is 29.0 Å². The molecule has 0 aromatic heterocycles. The van der Waals surface area contributed by atoms with E-state index in [0.29, 0.717) is 0 Å². The van der Waals surface area contributed by atoms with Crippen LogP contribution in [0.25, 0.3) is 0 Å². The molecule has 7 heteroatoms. The number of carbonyl (C=O) groups is 1. The van der Waals surface area contributed by atoms with Gasteiger partial charge in [-0.1, -0.05) is 6.58 Å². The first-order valence-electron chi connectivity index (χ1n) is 3.37. The van der Waals surface area contributed by atoms with Gasteiger partial charge in [-0.2, -0.15) is 0 Å². The van der Waals surface area contributed by atoms with Crippen molar-refractivity contribution in [2.24, 2.45) is 0 Å². The number of rotatable bonds is 5. The minimum Gasteiger partial charge on any atom is -0.460 e. The Kier molecular flexibility index (Phi) is 4.87. The van der Waals surface area contributed by atoms with E-state index in [2.05, 4.69) is 11.3 Å². The summed E-state index contributed by atoms with van der Waals surface area (Å²) in [7, 11) is -4.27. The second-order valence-electron chi connectivity index (χ2n) is 2.29. The van der Waals surface area contributed by atoms with Gasteiger partial charge in [0.05, 0.1) is 12.8 Å². The molecule has 0 spiro atoms. The van der Waals surface area contributed by atoms with Gasteiger partial charge in [0, 0.05) is 5.57 Å². The van der Waals surface area contributed by atoms with E-state index in [1.54, 1.807) is 0 Å². The van der Waals surface area contributed by atoms with E-state index in [0.717, 1.165) is 0 Å². The largest absolute Gasteiger partial charge is 0.460 e. The summed E-state index contributed by atoms with van der Waals surface area (Å²) in [6, 6.07) is 0. The van der Waals surface area contributed by atoms with Gasteiger partial charge in [-0.25, -0.2) is 4.79 Å². The maximum Gasteiger partial charge on any atom is 0.334 e. The van der Waals surface area contributed by atoms with E-state index in [1.165, 1.54) is 0 Å². The van der Waals surface area contributed by atoms with Crippen LogP contribution < -0.4 is 0 Å². The fourth-order valence-electron chi connectivity index (χ4n) is 0.554. The first-order chi connectivity index (χ1) is 5.87. The Hall–Kier alpha value is -0.680. The number of carbonyl (C=O) groups excluding carboxylic acids is 1. The van der Waals surface area contributed by atoms with Gasteiger partial charge in [-0.05, 0) is 0 Å². The van der Waals surface area contributed by atoms with E-state index < -0.39 is 19.7 Å². The average Bonchev–Trinajstić information content (AvgIpc) is 1.96. The Labute approximate surface area is 75.0 Å². The molecule has 0 radical (unpaired) electrons. The molecule has 0 rings (SSSR count). The molecule has 0 fully saturated rings. The second kappa shape index (κ2) is 5.14. The molecule has 13 heavy (non-hydrogen) atoms. The van der Waals surface area contributed by atoms with Crippen LogP contribution >= 0.6 is 7.60 Å². The van der Waals surface area contributed by atoms with Gasteiger partial charge >= 0.3 is 13.6 Å². The molecule has 3 N–H and O–H groups in total. The molecule has 0 unspecified atom stereocenters. The molecule has 0 aliphatic rings. The molecule has 0 aromatic rings. The molecule has 0 aliphatic carbocycles. The summed E-state index contributed by atoms with van der Waals surface area (Å²) in [6.07, 6.45) is -0.725. The van der Waals surface area contributed by atoms with Gasteiger partial charge in [0.15, 0.2) is 0 Å². The van der Waals surface area contributed by atoms with E-state index in [-0.39, 0.29) is 18.8 Å². The summed E-state index contributed by atoms with van der Waals surface area (Å²) in [5.41, 5.74) is -0.304. The summed E-state index contributed by atoms with van der Waals surface area (Å²) < 4.78 is 14.8. The number of hydrogen-bond donors (Lipinski definition) is 3. The Bertz CT molecular complexity index is 242. The second-order valence-corrected chi connectivity index (χ2v) is 3.93. The fourth-order valence-corrected chi connectivity index (χ4v) is 1.18. The highest BCUT2D eigenvalue weighted by Crippen LogP contribution is 2.36. The molecule has 76 valence electrons. The van der Waals surface area contributed by atoms with Crippen LogP contribution in [0.2, 0.25) is 0 Å². The third kappa shape index (κ3) is 6.48. The lowest BCUT2D eigenvalue weighted by atomic mass is 10.4. The summed E-state index contributed by atoms with van der Waals surface area (Å²) in [6.45, 7) is 2.60. The first kappa shape index (κ1) is 12.3. The van der Waals surface area contributed by atoms with Crippen molar-refractivity contribution in [1.29, 1.82) is 0 Å². The third-order valence-electron chi connectivity index (χ3n) is 1.01. The van der Waals surface area contributed by atoms with Gasteiger partial charge in [-0.15, -0.1) is 0 Å². The highest BCUT2D eigenvalue weighted by molar-refractivity contribution is 7.52. The van der Waals surface area contributed by atoms with Crippen LogP contribution in [0.3, 0.4) is 0 Å². The lowest BCUT2D eigenvalue weighted by molar-refractivity contribution is -0.139. The van der Waals surface area contributed by atoms with Crippen LogP contribution in [0.15, 0.2) is 12.2 Å². The zero-order valence-corrected chi connectivity index (χ0v) is 7.74. The van der Waals surface area contributed by atoms with E-state index in [9.17, 15) is 9.36 Å². The Balaban J connectivity index is 3.98. The molecule has 0 heterocycles. The number of esters is 1. The van der Waals surface area contributed by atoms with Crippen LogP contribution in [0.4, 0.5) is 0 Å². The monoisotopic (exact) mass is 210 g/mol. The van der Waals surface area contributed by atoms with Crippen molar-refractivity contribution in [2.45, 2.75) is 0 Å². The minimum atomic E-state index is -4.27. The van der Waals surface area contributed by atoms with E-state index >= 15 is 0 Å².